The van der Waals surface area contributed by atoms with Gasteiger partial charge in [0.1, 0.15) is 5.69 Å². The normalized spacial score (nSPS) is 14.9. The van der Waals surface area contributed by atoms with Crippen molar-refractivity contribution in [3.63, 3.8) is 0 Å². The van der Waals surface area contributed by atoms with Crippen LogP contribution in [-0.4, -0.2) is 47.0 Å². The molecule has 0 N–H and O–H groups in total. The number of carbonyl (C=O) groups is 1. The van der Waals surface area contributed by atoms with E-state index in [1.54, 1.807) is 36.1 Å². The molecule has 4 aromatic rings. The summed E-state index contributed by atoms with van der Waals surface area (Å²) in [6.07, 6.45) is 1.87. The van der Waals surface area contributed by atoms with Crippen molar-refractivity contribution in [2.45, 2.75) is 25.5 Å². The van der Waals surface area contributed by atoms with Crippen molar-refractivity contribution in [1.29, 1.82) is 0 Å². The molecular weight excluding hydrogens is 502 g/mol. The number of amides is 1. The maximum absolute atomic E-state index is 13.8. The fraction of sp³-hybridized carbons (Fsp3) is 0.267. The molecule has 38 heavy (non-hydrogen) atoms. The molecule has 7 nitrogen and oxygen atoms in total. The molecule has 0 saturated carbocycles. The molecular formula is C30H30ClN3O4. The fourth-order valence-electron chi connectivity index (χ4n) is 4.68. The maximum atomic E-state index is 13.8. The second kappa shape index (κ2) is 11.7. The minimum Gasteiger partial charge on any atom is -0.493 e. The molecule has 1 fully saturated rings. The summed E-state index contributed by atoms with van der Waals surface area (Å²) in [5, 5.41) is 5.41. The van der Waals surface area contributed by atoms with Crippen LogP contribution in [0.5, 0.6) is 17.4 Å². The zero-order chi connectivity index (χ0) is 26.5. The van der Waals surface area contributed by atoms with Crippen LogP contribution in [0.1, 0.15) is 28.8 Å². The van der Waals surface area contributed by atoms with Crippen molar-refractivity contribution >= 4 is 17.5 Å². The molecule has 1 atom stereocenters. The Bertz CT molecular complexity index is 1380. The van der Waals surface area contributed by atoms with Gasteiger partial charge in [-0.2, -0.15) is 5.10 Å². The SMILES string of the molecule is COc1ccccc1Oc1c(CN(C[C@@H]2CCCO2)C(=O)c2ccc(Cl)cc2)c(-c2ccccc2)nn1C. The summed E-state index contributed by atoms with van der Waals surface area (Å²) in [7, 11) is 3.45. The monoisotopic (exact) mass is 531 g/mol. The predicted molar refractivity (Wildman–Crippen MR) is 147 cm³/mol. The van der Waals surface area contributed by atoms with Gasteiger partial charge in [0.2, 0.25) is 5.88 Å². The van der Waals surface area contributed by atoms with Crippen molar-refractivity contribution in [2.24, 2.45) is 7.05 Å². The highest BCUT2D eigenvalue weighted by molar-refractivity contribution is 6.30. The summed E-state index contributed by atoms with van der Waals surface area (Å²) >= 11 is 6.09. The van der Waals surface area contributed by atoms with Crippen LogP contribution in [0.3, 0.4) is 0 Å². The number of hydrogen-bond donors (Lipinski definition) is 0. The Morgan fingerprint density at radius 1 is 1.05 bits per heavy atom. The number of ether oxygens (including phenoxy) is 3. The molecule has 0 unspecified atom stereocenters. The lowest BCUT2D eigenvalue weighted by Gasteiger charge is -2.26. The Labute approximate surface area is 227 Å². The number of aromatic nitrogens is 2. The van der Waals surface area contributed by atoms with E-state index in [-0.39, 0.29) is 18.6 Å². The van der Waals surface area contributed by atoms with Gasteiger partial charge in [-0.15, -0.1) is 0 Å². The zero-order valence-corrected chi connectivity index (χ0v) is 22.2. The third-order valence-corrected chi connectivity index (χ3v) is 6.84. The summed E-state index contributed by atoms with van der Waals surface area (Å²) in [4.78, 5) is 15.6. The van der Waals surface area contributed by atoms with E-state index < -0.39 is 0 Å². The molecule has 0 bridgehead atoms. The van der Waals surface area contributed by atoms with Crippen LogP contribution >= 0.6 is 11.6 Å². The van der Waals surface area contributed by atoms with Crippen molar-refractivity contribution in [1.82, 2.24) is 14.7 Å². The first-order valence-corrected chi connectivity index (χ1v) is 13.0. The average molecular weight is 532 g/mol. The molecule has 2 heterocycles. The number of carbonyl (C=O) groups excluding carboxylic acids is 1. The van der Waals surface area contributed by atoms with Crippen molar-refractivity contribution in [2.75, 3.05) is 20.3 Å². The van der Waals surface area contributed by atoms with Crippen LogP contribution in [0.4, 0.5) is 0 Å². The highest BCUT2D eigenvalue weighted by Gasteiger charge is 2.28. The van der Waals surface area contributed by atoms with Gasteiger partial charge in [-0.25, -0.2) is 4.68 Å². The first kappa shape index (κ1) is 25.8. The second-order valence-electron chi connectivity index (χ2n) is 9.20. The molecule has 0 radical (unpaired) electrons. The van der Waals surface area contributed by atoms with Crippen LogP contribution in [-0.2, 0) is 18.3 Å². The van der Waals surface area contributed by atoms with E-state index in [4.69, 9.17) is 30.9 Å². The first-order chi connectivity index (χ1) is 18.5. The number of rotatable bonds is 9. The molecule has 1 aliphatic heterocycles. The number of methoxy groups -OCH3 is 1. The number of hydrogen-bond acceptors (Lipinski definition) is 5. The van der Waals surface area contributed by atoms with E-state index in [1.807, 2.05) is 66.5 Å². The van der Waals surface area contributed by atoms with Crippen LogP contribution in [0.25, 0.3) is 11.3 Å². The first-order valence-electron chi connectivity index (χ1n) is 12.6. The van der Waals surface area contributed by atoms with Gasteiger partial charge in [-0.3, -0.25) is 4.79 Å². The van der Waals surface area contributed by atoms with Crippen molar-refractivity contribution in [3.8, 4) is 28.6 Å². The number of benzene rings is 3. The Morgan fingerprint density at radius 2 is 1.76 bits per heavy atom. The summed E-state index contributed by atoms with van der Waals surface area (Å²) in [6, 6.07) is 24.3. The Hall–Kier alpha value is -3.81. The number of halogens is 1. The van der Waals surface area contributed by atoms with Gasteiger partial charge >= 0.3 is 0 Å². The second-order valence-corrected chi connectivity index (χ2v) is 9.64. The standard InChI is InChI=1S/C30H30ClN3O4/c1-33-30(38-27-13-7-6-12-26(27)36-2)25(28(32-33)21-9-4-3-5-10-21)20-34(19-24-11-8-18-37-24)29(35)22-14-16-23(31)17-15-22/h3-7,9-10,12-17,24H,8,11,18-20H2,1-2H3/t24-/m0/s1. The average Bonchev–Trinajstić information content (AvgIpc) is 3.57. The summed E-state index contributed by atoms with van der Waals surface area (Å²) < 4.78 is 19.6. The lowest BCUT2D eigenvalue weighted by Crippen LogP contribution is -2.37. The number of para-hydroxylation sites is 2. The van der Waals surface area contributed by atoms with Gasteiger partial charge in [0.25, 0.3) is 5.91 Å². The van der Waals surface area contributed by atoms with Crippen molar-refractivity contribution < 1.29 is 19.0 Å². The Balaban J connectivity index is 1.57. The Kier molecular flexibility index (Phi) is 7.96. The van der Waals surface area contributed by atoms with E-state index in [9.17, 15) is 4.79 Å². The fourth-order valence-corrected chi connectivity index (χ4v) is 4.80. The summed E-state index contributed by atoms with van der Waals surface area (Å²) in [5.74, 6) is 1.60. The number of aryl methyl sites for hydroxylation is 1. The van der Waals surface area contributed by atoms with Gasteiger partial charge in [0.15, 0.2) is 11.5 Å². The van der Waals surface area contributed by atoms with E-state index >= 15 is 0 Å². The molecule has 196 valence electrons. The molecule has 1 saturated heterocycles. The largest absolute Gasteiger partial charge is 0.493 e. The molecule has 1 aromatic heterocycles. The molecule has 3 aromatic carbocycles. The van der Waals surface area contributed by atoms with E-state index in [0.29, 0.717) is 41.1 Å². The Morgan fingerprint density at radius 3 is 2.45 bits per heavy atom. The van der Waals surface area contributed by atoms with Crippen molar-refractivity contribution in [3.05, 3.63) is 95.0 Å². The van der Waals surface area contributed by atoms with Gasteiger partial charge in [-0.05, 0) is 49.2 Å². The molecule has 1 aliphatic rings. The highest BCUT2D eigenvalue weighted by atomic mass is 35.5. The van der Waals surface area contributed by atoms with Gasteiger partial charge < -0.3 is 19.1 Å². The maximum Gasteiger partial charge on any atom is 0.254 e. The molecule has 5 rings (SSSR count). The molecule has 0 spiro atoms. The third kappa shape index (κ3) is 5.69. The summed E-state index contributed by atoms with van der Waals surface area (Å²) in [5.41, 5.74) is 3.04. The highest BCUT2D eigenvalue weighted by Crippen LogP contribution is 2.37. The van der Waals surface area contributed by atoms with Crippen LogP contribution in [0.15, 0.2) is 78.9 Å². The van der Waals surface area contributed by atoms with E-state index in [0.717, 1.165) is 29.7 Å². The smallest absolute Gasteiger partial charge is 0.254 e. The predicted octanol–water partition coefficient (Wildman–Crippen LogP) is 6.36. The zero-order valence-electron chi connectivity index (χ0n) is 21.5. The quantitative estimate of drug-likeness (QED) is 0.251. The molecule has 8 heteroatoms. The van der Waals surface area contributed by atoms with Gasteiger partial charge in [-0.1, -0.05) is 54.1 Å². The minimum absolute atomic E-state index is 0.0262. The van der Waals surface area contributed by atoms with E-state index in [1.165, 1.54) is 0 Å². The molecule has 1 amide bonds. The van der Waals surface area contributed by atoms with Gasteiger partial charge in [0.05, 0.1) is 25.3 Å². The van der Waals surface area contributed by atoms with Crippen LogP contribution < -0.4 is 9.47 Å². The number of nitrogens with zero attached hydrogens (tertiary/aromatic N) is 3. The summed E-state index contributed by atoms with van der Waals surface area (Å²) in [6.45, 7) is 1.44. The lowest BCUT2D eigenvalue weighted by molar-refractivity contribution is 0.0506. The van der Waals surface area contributed by atoms with Gasteiger partial charge in [0, 0.05) is 36.3 Å². The lowest BCUT2D eigenvalue weighted by atomic mass is 10.1. The third-order valence-electron chi connectivity index (χ3n) is 6.59. The van der Waals surface area contributed by atoms with E-state index in [2.05, 4.69) is 0 Å². The topological polar surface area (TPSA) is 65.8 Å². The van der Waals surface area contributed by atoms with Crippen LogP contribution in [0.2, 0.25) is 5.02 Å². The molecule has 0 aliphatic carbocycles. The van der Waals surface area contributed by atoms with Crippen LogP contribution in [0, 0.1) is 0 Å². The minimum atomic E-state index is -0.108.